The number of amides is 1. The monoisotopic (exact) mass is 519 g/mol. The van der Waals surface area contributed by atoms with Gasteiger partial charge in [0.2, 0.25) is 5.91 Å². The zero-order valence-corrected chi connectivity index (χ0v) is 22.8. The minimum Gasteiger partial charge on any atom is -0.355 e. The maximum absolute atomic E-state index is 13.1. The summed E-state index contributed by atoms with van der Waals surface area (Å²) in [5.74, 6) is 0.0332. The van der Waals surface area contributed by atoms with Crippen molar-refractivity contribution in [1.29, 1.82) is 0 Å². The molecule has 37 heavy (non-hydrogen) atoms. The summed E-state index contributed by atoms with van der Waals surface area (Å²) in [7, 11) is 3.07. The Morgan fingerprint density at radius 2 is 1.62 bits per heavy atom. The molecule has 4 aromatic rings. The zero-order valence-electron chi connectivity index (χ0n) is 21.9. The Morgan fingerprint density at radius 3 is 2.27 bits per heavy atom. The third-order valence-corrected chi connectivity index (χ3v) is 7.36. The van der Waals surface area contributed by atoms with Crippen molar-refractivity contribution in [3.8, 4) is 0 Å². The zero-order chi connectivity index (χ0) is 26.7. The van der Waals surface area contributed by atoms with Crippen LogP contribution in [0.15, 0.2) is 69.3 Å². The Hall–Kier alpha value is -3.59. The molecular weight excluding hydrogens is 486 g/mol. The Labute approximate surface area is 220 Å². The van der Waals surface area contributed by atoms with Gasteiger partial charge in [-0.25, -0.2) is 9.78 Å². The summed E-state index contributed by atoms with van der Waals surface area (Å²) < 4.78 is 4.28. The smallest absolute Gasteiger partial charge is 0.332 e. The molecule has 4 rings (SSSR count). The molecule has 2 heterocycles. The summed E-state index contributed by atoms with van der Waals surface area (Å²) in [4.78, 5) is 42.8. The van der Waals surface area contributed by atoms with Crippen molar-refractivity contribution in [2.24, 2.45) is 14.1 Å². The lowest BCUT2D eigenvalue weighted by atomic mass is 9.87. The topological polar surface area (TPSA) is 90.9 Å². The molecule has 0 aliphatic carbocycles. The number of hydrogen-bond acceptors (Lipinski definition) is 5. The Kier molecular flexibility index (Phi) is 7.73. The lowest BCUT2D eigenvalue weighted by molar-refractivity contribution is -0.118. The van der Waals surface area contributed by atoms with Gasteiger partial charge in [-0.05, 0) is 28.5 Å². The minimum absolute atomic E-state index is 0.0311. The maximum atomic E-state index is 13.1. The van der Waals surface area contributed by atoms with Gasteiger partial charge in [0.1, 0.15) is 0 Å². The molecule has 0 saturated heterocycles. The SMILES string of the molecule is Cn1c(=O)c2c(nc(SCC(=O)NCCc3ccccc3)n2Cc2ccc(C(C)(C)C)cc2)n(C)c1=O. The van der Waals surface area contributed by atoms with Crippen LogP contribution in [0.5, 0.6) is 0 Å². The fraction of sp³-hybridized carbons (Fsp3) is 0.357. The second kappa shape index (κ2) is 10.8. The lowest BCUT2D eigenvalue weighted by Crippen LogP contribution is -2.37. The number of imidazole rings is 1. The molecule has 9 heteroatoms. The van der Waals surface area contributed by atoms with E-state index >= 15 is 0 Å². The van der Waals surface area contributed by atoms with Gasteiger partial charge in [-0.15, -0.1) is 0 Å². The second-order valence-electron chi connectivity index (χ2n) is 10.2. The highest BCUT2D eigenvalue weighted by Crippen LogP contribution is 2.25. The van der Waals surface area contributed by atoms with E-state index in [9.17, 15) is 14.4 Å². The van der Waals surface area contributed by atoms with Crippen LogP contribution >= 0.6 is 11.8 Å². The van der Waals surface area contributed by atoms with Crippen LogP contribution in [-0.2, 0) is 37.3 Å². The van der Waals surface area contributed by atoms with Crippen LogP contribution in [0, 0.1) is 0 Å². The largest absolute Gasteiger partial charge is 0.355 e. The number of benzene rings is 2. The summed E-state index contributed by atoms with van der Waals surface area (Å²) >= 11 is 1.26. The van der Waals surface area contributed by atoms with Crippen LogP contribution in [-0.4, -0.2) is 36.9 Å². The van der Waals surface area contributed by atoms with E-state index < -0.39 is 11.2 Å². The van der Waals surface area contributed by atoms with Gasteiger partial charge in [-0.3, -0.25) is 18.7 Å². The van der Waals surface area contributed by atoms with E-state index in [1.54, 1.807) is 7.05 Å². The average Bonchev–Trinajstić information content (AvgIpc) is 3.23. The highest BCUT2D eigenvalue weighted by atomic mass is 32.2. The van der Waals surface area contributed by atoms with E-state index in [-0.39, 0.29) is 17.1 Å². The number of thioether (sulfide) groups is 1. The Bertz CT molecular complexity index is 1530. The molecule has 0 unspecified atom stereocenters. The number of nitrogens with one attached hydrogen (secondary N) is 1. The van der Waals surface area contributed by atoms with E-state index in [2.05, 4.69) is 43.2 Å². The number of hydrogen-bond donors (Lipinski definition) is 1. The predicted molar refractivity (Wildman–Crippen MR) is 148 cm³/mol. The standard InChI is InChI=1S/C28H33N5O3S/c1-28(2,3)21-13-11-20(12-14-21)17-33-23-24(31(4)27(36)32(5)25(23)35)30-26(33)37-18-22(34)29-16-15-19-9-7-6-8-10-19/h6-14H,15-18H2,1-5H3,(H,29,34). The Morgan fingerprint density at radius 1 is 0.946 bits per heavy atom. The first kappa shape index (κ1) is 26.5. The first-order chi connectivity index (χ1) is 17.6. The van der Waals surface area contributed by atoms with Crippen molar-refractivity contribution < 1.29 is 4.79 Å². The average molecular weight is 520 g/mol. The van der Waals surface area contributed by atoms with E-state index in [4.69, 9.17) is 0 Å². The van der Waals surface area contributed by atoms with Crippen LogP contribution in [0.25, 0.3) is 11.2 Å². The fourth-order valence-electron chi connectivity index (χ4n) is 4.15. The van der Waals surface area contributed by atoms with Crippen molar-refractivity contribution >= 4 is 28.8 Å². The molecule has 1 N–H and O–H groups in total. The molecule has 2 aromatic heterocycles. The van der Waals surface area contributed by atoms with E-state index in [1.165, 1.54) is 28.9 Å². The van der Waals surface area contributed by atoms with Gasteiger partial charge in [0.15, 0.2) is 16.3 Å². The minimum atomic E-state index is -0.438. The molecule has 2 aromatic carbocycles. The molecule has 8 nitrogen and oxygen atoms in total. The maximum Gasteiger partial charge on any atom is 0.332 e. The third kappa shape index (κ3) is 5.88. The highest BCUT2D eigenvalue weighted by molar-refractivity contribution is 7.99. The third-order valence-electron chi connectivity index (χ3n) is 6.38. The van der Waals surface area contributed by atoms with E-state index in [0.29, 0.717) is 29.4 Å². The molecule has 0 spiro atoms. The lowest BCUT2D eigenvalue weighted by Gasteiger charge is -2.19. The first-order valence-corrected chi connectivity index (χ1v) is 13.2. The number of nitrogens with zero attached hydrogens (tertiary/aromatic N) is 4. The van der Waals surface area contributed by atoms with Crippen LogP contribution in [0.3, 0.4) is 0 Å². The summed E-state index contributed by atoms with van der Waals surface area (Å²) in [5.41, 5.74) is 3.21. The van der Waals surface area contributed by atoms with Gasteiger partial charge in [-0.2, -0.15) is 0 Å². The molecule has 194 valence electrons. The number of fused-ring (bicyclic) bond motifs is 1. The number of aryl methyl sites for hydroxylation is 1. The Balaban J connectivity index is 1.59. The molecule has 0 aliphatic rings. The first-order valence-electron chi connectivity index (χ1n) is 12.3. The molecule has 0 radical (unpaired) electrons. The second-order valence-corrected chi connectivity index (χ2v) is 11.1. The summed E-state index contributed by atoms with van der Waals surface area (Å²) in [6.45, 7) is 7.42. The van der Waals surface area contributed by atoms with Gasteiger partial charge in [-0.1, -0.05) is 87.1 Å². The quantitative estimate of drug-likeness (QED) is 0.361. The molecule has 0 saturated carbocycles. The molecule has 0 atom stereocenters. The van der Waals surface area contributed by atoms with E-state index in [1.807, 2.05) is 47.0 Å². The summed E-state index contributed by atoms with van der Waals surface area (Å²) in [6, 6.07) is 18.3. The van der Waals surface area contributed by atoms with Crippen molar-refractivity contribution in [3.05, 3.63) is 92.1 Å². The van der Waals surface area contributed by atoms with Crippen LogP contribution in [0.2, 0.25) is 0 Å². The number of carbonyl (C=O) groups excluding carboxylic acids is 1. The van der Waals surface area contributed by atoms with Gasteiger partial charge in [0.25, 0.3) is 5.56 Å². The molecule has 0 bridgehead atoms. The molecular formula is C28H33N5O3S. The molecule has 1 amide bonds. The van der Waals surface area contributed by atoms with Gasteiger partial charge in [0.05, 0.1) is 12.3 Å². The summed E-state index contributed by atoms with van der Waals surface area (Å²) in [6.07, 6.45) is 0.748. The molecule has 0 aliphatic heterocycles. The van der Waals surface area contributed by atoms with Crippen molar-refractivity contribution in [2.45, 2.75) is 44.3 Å². The highest BCUT2D eigenvalue weighted by Gasteiger charge is 2.21. The van der Waals surface area contributed by atoms with Crippen molar-refractivity contribution in [2.75, 3.05) is 12.3 Å². The van der Waals surface area contributed by atoms with Gasteiger partial charge < -0.3 is 9.88 Å². The number of aromatic nitrogens is 4. The van der Waals surface area contributed by atoms with Crippen LogP contribution in [0.4, 0.5) is 0 Å². The van der Waals surface area contributed by atoms with Gasteiger partial charge in [0, 0.05) is 20.6 Å². The van der Waals surface area contributed by atoms with Gasteiger partial charge >= 0.3 is 5.69 Å². The predicted octanol–water partition coefficient (Wildman–Crippen LogP) is 3.23. The van der Waals surface area contributed by atoms with Crippen molar-refractivity contribution in [3.63, 3.8) is 0 Å². The van der Waals surface area contributed by atoms with Crippen LogP contribution in [0.1, 0.15) is 37.5 Å². The van der Waals surface area contributed by atoms with Crippen molar-refractivity contribution in [1.82, 2.24) is 24.0 Å². The summed E-state index contributed by atoms with van der Waals surface area (Å²) in [5, 5.41) is 3.47. The fourth-order valence-corrected chi connectivity index (χ4v) is 4.97. The van der Waals surface area contributed by atoms with E-state index in [0.717, 1.165) is 22.1 Å². The normalized spacial score (nSPS) is 11.7. The molecule has 0 fully saturated rings. The number of rotatable bonds is 8. The number of carbonyl (C=O) groups is 1. The van der Waals surface area contributed by atoms with Crippen LogP contribution < -0.4 is 16.6 Å².